The summed E-state index contributed by atoms with van der Waals surface area (Å²) in [5.74, 6) is 0.795. The molecule has 156 valence electrons. The van der Waals surface area contributed by atoms with Crippen LogP contribution in [0.5, 0.6) is 0 Å². The maximum atomic E-state index is 11.9. The molecule has 9 heteroatoms. The van der Waals surface area contributed by atoms with Crippen LogP contribution in [0.4, 0.5) is 5.69 Å². The van der Waals surface area contributed by atoms with Gasteiger partial charge in [-0.15, -0.1) is 35.3 Å². The van der Waals surface area contributed by atoms with Gasteiger partial charge in [0.05, 0.1) is 4.88 Å². The van der Waals surface area contributed by atoms with Crippen LogP contribution in [0.3, 0.4) is 0 Å². The van der Waals surface area contributed by atoms with Crippen LogP contribution in [0, 0.1) is 0 Å². The number of para-hydroxylation sites is 1. The monoisotopic (exact) mass is 527 g/mol. The number of nitrogens with zero attached hydrogens (tertiary/aromatic N) is 1. The first-order valence-electron chi connectivity index (χ1n) is 9.32. The summed E-state index contributed by atoms with van der Waals surface area (Å²) in [7, 11) is 1.72. The molecule has 0 saturated carbocycles. The summed E-state index contributed by atoms with van der Waals surface area (Å²) in [6.07, 6.45) is 1.24. The number of rotatable bonds is 7. The van der Waals surface area contributed by atoms with Gasteiger partial charge >= 0.3 is 0 Å². The molecule has 0 saturated heterocycles. The van der Waals surface area contributed by atoms with Crippen molar-refractivity contribution in [3.63, 3.8) is 0 Å². The lowest BCUT2D eigenvalue weighted by Gasteiger charge is -2.26. The number of anilines is 1. The third kappa shape index (κ3) is 6.70. The first-order valence-corrected chi connectivity index (χ1v) is 10.2. The molecular weight excluding hydrogens is 501 g/mol. The Morgan fingerprint density at radius 1 is 1.17 bits per heavy atom. The molecule has 2 amide bonds. The Bertz CT molecular complexity index is 841. The highest BCUT2D eigenvalue weighted by atomic mass is 127. The van der Waals surface area contributed by atoms with E-state index in [2.05, 4.69) is 26.3 Å². The average molecular weight is 527 g/mol. The summed E-state index contributed by atoms with van der Waals surface area (Å²) in [4.78, 5) is 28.7. The number of thiophene rings is 1. The number of guanidine groups is 1. The number of carbonyl (C=O) groups is 2. The van der Waals surface area contributed by atoms with E-state index in [4.69, 9.17) is 0 Å². The molecule has 0 aliphatic carbocycles. The van der Waals surface area contributed by atoms with Crippen LogP contribution in [0.2, 0.25) is 0 Å². The van der Waals surface area contributed by atoms with E-state index >= 15 is 0 Å². The van der Waals surface area contributed by atoms with Crippen LogP contribution in [0.25, 0.3) is 0 Å². The van der Waals surface area contributed by atoms with Gasteiger partial charge in [-0.1, -0.05) is 24.3 Å². The summed E-state index contributed by atoms with van der Waals surface area (Å²) in [5, 5.41) is 14.2. The van der Waals surface area contributed by atoms with Crippen molar-refractivity contribution in [3.05, 3.63) is 52.2 Å². The van der Waals surface area contributed by atoms with Gasteiger partial charge < -0.3 is 21.3 Å². The number of aliphatic imine (C=N–C) groups is 1. The van der Waals surface area contributed by atoms with Crippen molar-refractivity contribution in [2.45, 2.75) is 18.8 Å². The molecule has 1 aliphatic rings. The van der Waals surface area contributed by atoms with Crippen LogP contribution in [-0.4, -0.2) is 44.5 Å². The second kappa shape index (κ2) is 11.8. The van der Waals surface area contributed by atoms with Crippen LogP contribution >= 0.6 is 35.3 Å². The molecular formula is C20H26IN5O2S. The minimum atomic E-state index is -0.0354. The van der Waals surface area contributed by atoms with Gasteiger partial charge in [0, 0.05) is 44.7 Å². The number of carbonyl (C=O) groups excluding carboxylic acids is 2. The number of nitrogens with one attached hydrogen (secondary N) is 4. The fourth-order valence-electron chi connectivity index (χ4n) is 3.12. The maximum Gasteiger partial charge on any atom is 0.261 e. The molecule has 4 N–H and O–H groups in total. The van der Waals surface area contributed by atoms with Crippen molar-refractivity contribution < 1.29 is 9.59 Å². The highest BCUT2D eigenvalue weighted by molar-refractivity contribution is 14.0. The smallest absolute Gasteiger partial charge is 0.261 e. The van der Waals surface area contributed by atoms with Crippen molar-refractivity contribution >= 4 is 58.8 Å². The third-order valence-corrected chi connectivity index (χ3v) is 5.39. The van der Waals surface area contributed by atoms with E-state index in [1.807, 2.05) is 41.8 Å². The molecule has 3 rings (SSSR count). The fraction of sp³-hybridized carbons (Fsp3) is 0.350. The van der Waals surface area contributed by atoms with E-state index in [1.165, 1.54) is 11.3 Å². The van der Waals surface area contributed by atoms with Gasteiger partial charge in [0.15, 0.2) is 5.96 Å². The Kier molecular flexibility index (Phi) is 9.39. The van der Waals surface area contributed by atoms with E-state index in [-0.39, 0.29) is 41.7 Å². The Morgan fingerprint density at radius 3 is 2.72 bits per heavy atom. The van der Waals surface area contributed by atoms with E-state index in [0.717, 1.165) is 22.5 Å². The summed E-state index contributed by atoms with van der Waals surface area (Å²) >= 11 is 1.43. The first kappa shape index (κ1) is 23.1. The van der Waals surface area contributed by atoms with Gasteiger partial charge in [-0.3, -0.25) is 14.6 Å². The number of amides is 2. The molecule has 1 aromatic heterocycles. The number of benzene rings is 1. The SMILES string of the molecule is CN=C(NCCCNC(=O)c1cccs1)NCC1CC(=O)Nc2ccccc21.I. The van der Waals surface area contributed by atoms with Crippen LogP contribution in [0.15, 0.2) is 46.8 Å². The lowest BCUT2D eigenvalue weighted by atomic mass is 9.90. The largest absolute Gasteiger partial charge is 0.356 e. The lowest BCUT2D eigenvalue weighted by Crippen LogP contribution is -2.41. The number of hydrogen-bond donors (Lipinski definition) is 4. The van der Waals surface area contributed by atoms with Crippen LogP contribution in [-0.2, 0) is 4.79 Å². The van der Waals surface area contributed by atoms with Crippen molar-refractivity contribution in [1.29, 1.82) is 0 Å². The summed E-state index contributed by atoms with van der Waals surface area (Å²) in [6, 6.07) is 11.6. The van der Waals surface area contributed by atoms with Crippen molar-refractivity contribution in [2.75, 3.05) is 32.0 Å². The summed E-state index contributed by atoms with van der Waals surface area (Å²) in [5.41, 5.74) is 2.02. The van der Waals surface area contributed by atoms with E-state index in [9.17, 15) is 9.59 Å². The Labute approximate surface area is 191 Å². The molecule has 0 spiro atoms. The summed E-state index contributed by atoms with van der Waals surface area (Å²) < 4.78 is 0. The van der Waals surface area contributed by atoms with Gasteiger partial charge in [0.1, 0.15) is 0 Å². The molecule has 1 aliphatic heterocycles. The zero-order valence-corrected chi connectivity index (χ0v) is 19.4. The third-order valence-electron chi connectivity index (χ3n) is 4.52. The molecule has 7 nitrogen and oxygen atoms in total. The maximum absolute atomic E-state index is 11.9. The van der Waals surface area contributed by atoms with Gasteiger partial charge in [0.2, 0.25) is 5.91 Å². The molecule has 1 aromatic carbocycles. The fourth-order valence-corrected chi connectivity index (χ4v) is 3.76. The molecule has 0 fully saturated rings. The first-order chi connectivity index (χ1) is 13.7. The van der Waals surface area contributed by atoms with Gasteiger partial charge in [-0.25, -0.2) is 0 Å². The molecule has 29 heavy (non-hydrogen) atoms. The quantitative estimate of drug-likeness (QED) is 0.193. The predicted molar refractivity (Wildman–Crippen MR) is 128 cm³/mol. The summed E-state index contributed by atoms with van der Waals surface area (Å²) in [6.45, 7) is 1.91. The molecule has 2 aromatic rings. The average Bonchev–Trinajstić information content (AvgIpc) is 3.24. The van der Waals surface area contributed by atoms with E-state index in [0.29, 0.717) is 32.0 Å². The highest BCUT2D eigenvalue weighted by Gasteiger charge is 2.24. The second-order valence-electron chi connectivity index (χ2n) is 6.50. The van der Waals surface area contributed by atoms with Crippen LogP contribution in [0.1, 0.15) is 34.0 Å². The normalized spacial score (nSPS) is 15.6. The van der Waals surface area contributed by atoms with Crippen molar-refractivity contribution in [3.8, 4) is 0 Å². The van der Waals surface area contributed by atoms with E-state index < -0.39 is 0 Å². The molecule has 0 bridgehead atoms. The number of hydrogen-bond acceptors (Lipinski definition) is 4. The minimum absolute atomic E-state index is 0. The second-order valence-corrected chi connectivity index (χ2v) is 7.45. The molecule has 1 unspecified atom stereocenters. The van der Waals surface area contributed by atoms with Gasteiger partial charge in [0.25, 0.3) is 5.91 Å². The number of fused-ring (bicyclic) bond motifs is 1. The molecule has 2 heterocycles. The van der Waals surface area contributed by atoms with Gasteiger partial charge in [-0.2, -0.15) is 0 Å². The minimum Gasteiger partial charge on any atom is -0.356 e. The van der Waals surface area contributed by atoms with Crippen LogP contribution < -0.4 is 21.3 Å². The van der Waals surface area contributed by atoms with Crippen molar-refractivity contribution in [1.82, 2.24) is 16.0 Å². The molecule has 1 atom stereocenters. The van der Waals surface area contributed by atoms with Gasteiger partial charge in [-0.05, 0) is 29.5 Å². The number of halogens is 1. The Balaban J connectivity index is 0.00000300. The highest BCUT2D eigenvalue weighted by Crippen LogP contribution is 2.31. The standard InChI is InChI=1S/C20H25N5O2S.HI/c1-21-20(23-10-5-9-22-19(27)17-8-4-11-28-17)24-13-14-12-18(26)25-16-7-3-2-6-15(14)16;/h2-4,6-8,11,14H,5,9-10,12-13H2,1H3,(H,22,27)(H,25,26)(H2,21,23,24);1H. The zero-order chi connectivity index (χ0) is 19.8. The van der Waals surface area contributed by atoms with E-state index in [1.54, 1.807) is 7.05 Å². The predicted octanol–water partition coefficient (Wildman–Crippen LogP) is 2.78. The Morgan fingerprint density at radius 2 is 1.97 bits per heavy atom. The Hall–Kier alpha value is -2.14. The zero-order valence-electron chi connectivity index (χ0n) is 16.2. The van der Waals surface area contributed by atoms with Crippen molar-refractivity contribution in [2.24, 2.45) is 4.99 Å². The topological polar surface area (TPSA) is 94.6 Å². The molecule has 0 radical (unpaired) electrons. The lowest BCUT2D eigenvalue weighted by molar-refractivity contribution is -0.116.